The first-order valence-electron chi connectivity index (χ1n) is 10.8. The van der Waals surface area contributed by atoms with Crippen molar-refractivity contribution in [3.63, 3.8) is 0 Å². The summed E-state index contributed by atoms with van der Waals surface area (Å²) in [6.07, 6.45) is 4.39. The van der Waals surface area contributed by atoms with Crippen molar-refractivity contribution in [1.82, 2.24) is 4.98 Å². The highest BCUT2D eigenvalue weighted by atomic mass is 35.5. The number of hydrogen-bond donors (Lipinski definition) is 1. The van der Waals surface area contributed by atoms with E-state index in [1.807, 2.05) is 39.0 Å². The maximum absolute atomic E-state index is 13.2. The predicted molar refractivity (Wildman–Crippen MR) is 127 cm³/mol. The van der Waals surface area contributed by atoms with Crippen LogP contribution in [0.5, 0.6) is 0 Å². The van der Waals surface area contributed by atoms with E-state index in [4.69, 9.17) is 16.3 Å². The molecule has 2 aromatic rings. The van der Waals surface area contributed by atoms with E-state index in [9.17, 15) is 9.59 Å². The normalized spacial score (nSPS) is 14.5. The molecular weight excluding hydrogens is 412 g/mol. The second kappa shape index (κ2) is 10.3. The van der Waals surface area contributed by atoms with Gasteiger partial charge in [0.05, 0.1) is 0 Å². The number of ether oxygens (including phenoxy) is 1. The molecule has 2 heterocycles. The number of aromatic amines is 1. The van der Waals surface area contributed by atoms with Gasteiger partial charge in [0.2, 0.25) is 0 Å². The number of anilines is 1. The average molecular weight is 443 g/mol. The molecule has 0 aliphatic carbocycles. The summed E-state index contributed by atoms with van der Waals surface area (Å²) in [7, 11) is 0. The zero-order chi connectivity index (χ0) is 22.5. The van der Waals surface area contributed by atoms with Gasteiger partial charge in [-0.3, -0.25) is 9.59 Å². The number of pyridine rings is 1. The Morgan fingerprint density at radius 3 is 2.61 bits per heavy atom. The molecule has 166 valence electrons. The fourth-order valence-electron chi connectivity index (χ4n) is 4.40. The van der Waals surface area contributed by atoms with Gasteiger partial charge < -0.3 is 14.6 Å². The van der Waals surface area contributed by atoms with E-state index in [0.717, 1.165) is 48.6 Å². The molecule has 1 saturated heterocycles. The number of hydrogen-bond acceptors (Lipinski definition) is 4. The Kier molecular flexibility index (Phi) is 7.74. The fraction of sp³-hybridized carbons (Fsp3) is 0.440. The molecule has 31 heavy (non-hydrogen) atoms. The third kappa shape index (κ3) is 5.46. The van der Waals surface area contributed by atoms with Crippen molar-refractivity contribution in [2.24, 2.45) is 0 Å². The van der Waals surface area contributed by atoms with Crippen molar-refractivity contribution in [1.29, 1.82) is 0 Å². The Labute approximate surface area is 189 Å². The summed E-state index contributed by atoms with van der Waals surface area (Å²) in [5.74, 6) is -0.00819. The van der Waals surface area contributed by atoms with Gasteiger partial charge in [0, 0.05) is 59.8 Å². The van der Waals surface area contributed by atoms with Gasteiger partial charge in [0.15, 0.2) is 5.78 Å². The molecule has 0 atom stereocenters. The molecular formula is C25H31ClN2O3. The third-order valence-corrected chi connectivity index (χ3v) is 6.23. The standard InChI is InChI=1S/C25H31ClN2O3/c1-5-10-28(20-8-11-31-12-9-20)23-15-19(26)14-22(18(23)4)24(29)7-6-21-16(2)13-17(3)27-25(21)30/h5,13-15,20H,1,6-12H2,2-4H3,(H,27,30). The van der Waals surface area contributed by atoms with Gasteiger partial charge in [-0.1, -0.05) is 17.7 Å². The number of ketones is 1. The maximum atomic E-state index is 13.2. The maximum Gasteiger partial charge on any atom is 0.251 e. The second-order valence-corrected chi connectivity index (χ2v) is 8.68. The highest BCUT2D eigenvalue weighted by Gasteiger charge is 2.24. The Morgan fingerprint density at radius 1 is 1.26 bits per heavy atom. The van der Waals surface area contributed by atoms with Crippen molar-refractivity contribution in [3.05, 3.63) is 74.2 Å². The van der Waals surface area contributed by atoms with Crippen LogP contribution in [-0.2, 0) is 11.2 Å². The van der Waals surface area contributed by atoms with E-state index < -0.39 is 0 Å². The summed E-state index contributed by atoms with van der Waals surface area (Å²) < 4.78 is 5.52. The lowest BCUT2D eigenvalue weighted by Gasteiger charge is -2.36. The topological polar surface area (TPSA) is 62.4 Å². The minimum absolute atomic E-state index is 0.00819. The third-order valence-electron chi connectivity index (χ3n) is 6.01. The molecule has 0 unspecified atom stereocenters. The van der Waals surface area contributed by atoms with Gasteiger partial charge >= 0.3 is 0 Å². The molecule has 0 bridgehead atoms. The first-order chi connectivity index (χ1) is 14.8. The van der Waals surface area contributed by atoms with Crippen LogP contribution in [0, 0.1) is 20.8 Å². The molecule has 6 heteroatoms. The van der Waals surface area contributed by atoms with Crippen LogP contribution in [0.15, 0.2) is 35.6 Å². The van der Waals surface area contributed by atoms with Gasteiger partial charge in [-0.15, -0.1) is 6.58 Å². The molecule has 0 amide bonds. The number of carbonyl (C=O) groups is 1. The van der Waals surface area contributed by atoms with Crippen LogP contribution in [-0.4, -0.2) is 36.6 Å². The Hall–Kier alpha value is -2.37. The van der Waals surface area contributed by atoms with E-state index in [-0.39, 0.29) is 17.8 Å². The van der Waals surface area contributed by atoms with E-state index in [0.29, 0.717) is 35.2 Å². The van der Waals surface area contributed by atoms with E-state index >= 15 is 0 Å². The van der Waals surface area contributed by atoms with Crippen molar-refractivity contribution >= 4 is 23.1 Å². The number of halogens is 1. The predicted octanol–water partition coefficient (Wildman–Crippen LogP) is 4.94. The summed E-state index contributed by atoms with van der Waals surface area (Å²) >= 11 is 6.45. The number of benzene rings is 1. The lowest BCUT2D eigenvalue weighted by molar-refractivity contribution is 0.0848. The zero-order valence-electron chi connectivity index (χ0n) is 18.6. The van der Waals surface area contributed by atoms with Gasteiger partial charge in [0.25, 0.3) is 5.56 Å². The highest BCUT2D eigenvalue weighted by molar-refractivity contribution is 6.31. The summed E-state index contributed by atoms with van der Waals surface area (Å²) in [6, 6.07) is 5.93. The van der Waals surface area contributed by atoms with Crippen LogP contribution in [0.3, 0.4) is 0 Å². The number of H-pyrrole nitrogens is 1. The number of nitrogens with one attached hydrogen (secondary N) is 1. The van der Waals surface area contributed by atoms with Crippen LogP contribution < -0.4 is 10.5 Å². The van der Waals surface area contributed by atoms with Gasteiger partial charge in [-0.05, 0) is 69.4 Å². The molecule has 1 N–H and O–H groups in total. The second-order valence-electron chi connectivity index (χ2n) is 8.25. The molecule has 0 radical (unpaired) electrons. The van der Waals surface area contributed by atoms with Gasteiger partial charge in [0.1, 0.15) is 0 Å². The first-order valence-corrected chi connectivity index (χ1v) is 11.2. The van der Waals surface area contributed by atoms with Crippen LogP contribution >= 0.6 is 11.6 Å². The summed E-state index contributed by atoms with van der Waals surface area (Å²) in [6.45, 7) is 11.8. The van der Waals surface area contributed by atoms with E-state index in [2.05, 4.69) is 16.5 Å². The molecule has 1 aromatic heterocycles. The van der Waals surface area contributed by atoms with Crippen LogP contribution in [0.4, 0.5) is 5.69 Å². The molecule has 0 saturated carbocycles. The minimum atomic E-state index is -0.120. The van der Waals surface area contributed by atoms with Crippen molar-refractivity contribution in [2.45, 2.75) is 52.5 Å². The summed E-state index contributed by atoms with van der Waals surface area (Å²) in [5, 5.41) is 0.537. The molecule has 5 nitrogen and oxygen atoms in total. The Bertz CT molecular complexity index is 1020. The number of aromatic nitrogens is 1. The lowest BCUT2D eigenvalue weighted by Crippen LogP contribution is -2.40. The highest BCUT2D eigenvalue weighted by Crippen LogP contribution is 2.32. The quantitative estimate of drug-likeness (QED) is 0.464. The Balaban J connectivity index is 1.88. The molecule has 1 aliphatic heterocycles. The minimum Gasteiger partial charge on any atom is -0.381 e. The summed E-state index contributed by atoms with van der Waals surface area (Å²) in [5.41, 5.74) is 4.77. The van der Waals surface area contributed by atoms with Crippen molar-refractivity contribution in [3.8, 4) is 0 Å². The molecule has 1 fully saturated rings. The first kappa shape index (κ1) is 23.3. The molecule has 1 aliphatic rings. The largest absolute Gasteiger partial charge is 0.381 e. The van der Waals surface area contributed by atoms with Crippen LogP contribution in [0.25, 0.3) is 0 Å². The Morgan fingerprint density at radius 2 is 1.97 bits per heavy atom. The van der Waals surface area contributed by atoms with Crippen LogP contribution in [0.2, 0.25) is 5.02 Å². The van der Waals surface area contributed by atoms with E-state index in [1.54, 1.807) is 6.07 Å². The van der Waals surface area contributed by atoms with Gasteiger partial charge in [-0.2, -0.15) is 0 Å². The number of nitrogens with zero attached hydrogens (tertiary/aromatic N) is 1. The monoisotopic (exact) mass is 442 g/mol. The summed E-state index contributed by atoms with van der Waals surface area (Å²) in [4.78, 5) is 30.6. The fourth-order valence-corrected chi connectivity index (χ4v) is 4.61. The zero-order valence-corrected chi connectivity index (χ0v) is 19.3. The molecule has 3 rings (SSSR count). The smallest absolute Gasteiger partial charge is 0.251 e. The van der Waals surface area contributed by atoms with Crippen LogP contribution in [0.1, 0.15) is 52.0 Å². The van der Waals surface area contributed by atoms with E-state index in [1.165, 1.54) is 0 Å². The SMILES string of the molecule is C=CCN(c1cc(Cl)cc(C(=O)CCc2c(C)cc(C)[nH]c2=O)c1C)C1CCOCC1. The molecule has 1 aromatic carbocycles. The number of Topliss-reactive ketones (excluding diaryl/α,β-unsaturated/α-hetero) is 1. The lowest BCUT2D eigenvalue weighted by atomic mass is 9.95. The number of rotatable bonds is 8. The number of aryl methyl sites for hydroxylation is 2. The van der Waals surface area contributed by atoms with Crippen molar-refractivity contribution < 1.29 is 9.53 Å². The van der Waals surface area contributed by atoms with Gasteiger partial charge in [-0.25, -0.2) is 0 Å². The molecule has 0 spiro atoms. The van der Waals surface area contributed by atoms with Crippen molar-refractivity contribution in [2.75, 3.05) is 24.7 Å². The number of carbonyl (C=O) groups excluding carboxylic acids is 1. The average Bonchev–Trinajstić information content (AvgIpc) is 2.73.